The largest absolute Gasteiger partial charge is 0.495 e. The molecule has 0 saturated carbocycles. The number of esters is 1. The molecule has 0 atom stereocenters. The van der Waals surface area contributed by atoms with Gasteiger partial charge in [0.1, 0.15) is 10.6 Å². The molecule has 1 aromatic rings. The molecule has 0 spiro atoms. The van der Waals surface area contributed by atoms with Gasteiger partial charge < -0.3 is 14.8 Å². The van der Waals surface area contributed by atoms with Crippen molar-refractivity contribution < 1.29 is 27.5 Å². The van der Waals surface area contributed by atoms with E-state index in [1.165, 1.54) is 32.4 Å². The van der Waals surface area contributed by atoms with E-state index >= 15 is 0 Å². The van der Waals surface area contributed by atoms with Crippen LogP contribution in [0.5, 0.6) is 5.75 Å². The first kappa shape index (κ1) is 23.9. The Morgan fingerprint density at radius 1 is 1.07 bits per heavy atom. The molecule has 1 amide bonds. The zero-order valence-corrected chi connectivity index (χ0v) is 17.9. The summed E-state index contributed by atoms with van der Waals surface area (Å²) in [5.41, 5.74) is -0.448. The van der Waals surface area contributed by atoms with Gasteiger partial charge in [0.2, 0.25) is 10.0 Å². The van der Waals surface area contributed by atoms with Crippen LogP contribution in [0.25, 0.3) is 0 Å². The van der Waals surface area contributed by atoms with E-state index in [-0.39, 0.29) is 28.1 Å². The highest BCUT2D eigenvalue weighted by atomic mass is 32.2. The van der Waals surface area contributed by atoms with Gasteiger partial charge in [-0.3, -0.25) is 9.59 Å². The minimum absolute atomic E-state index is 0.0874. The van der Waals surface area contributed by atoms with Crippen LogP contribution in [0.3, 0.4) is 0 Å². The van der Waals surface area contributed by atoms with Crippen LogP contribution in [0.1, 0.15) is 56.8 Å². The molecule has 158 valence electrons. The summed E-state index contributed by atoms with van der Waals surface area (Å²) in [5, 5.41) is 2.75. The van der Waals surface area contributed by atoms with Crippen LogP contribution in [0.4, 0.5) is 0 Å². The number of rotatable bonds is 10. The fourth-order valence-corrected chi connectivity index (χ4v) is 4.08. The number of unbranched alkanes of at least 4 members (excludes halogenated alkanes) is 2. The Morgan fingerprint density at radius 3 is 2.32 bits per heavy atom. The van der Waals surface area contributed by atoms with Gasteiger partial charge in [0.05, 0.1) is 14.2 Å². The van der Waals surface area contributed by atoms with Gasteiger partial charge in [0.25, 0.3) is 5.91 Å². The molecule has 0 saturated heterocycles. The van der Waals surface area contributed by atoms with E-state index in [1.807, 2.05) is 0 Å². The van der Waals surface area contributed by atoms with Gasteiger partial charge >= 0.3 is 5.97 Å². The van der Waals surface area contributed by atoms with Crippen LogP contribution in [-0.4, -0.2) is 46.6 Å². The number of amides is 1. The van der Waals surface area contributed by atoms with E-state index in [4.69, 9.17) is 4.74 Å². The third kappa shape index (κ3) is 7.85. The summed E-state index contributed by atoms with van der Waals surface area (Å²) < 4.78 is 37.6. The van der Waals surface area contributed by atoms with E-state index < -0.39 is 15.6 Å². The highest BCUT2D eigenvalue weighted by Crippen LogP contribution is 2.26. The Morgan fingerprint density at radius 2 is 1.75 bits per heavy atom. The molecule has 9 heteroatoms. The fourth-order valence-electron chi connectivity index (χ4n) is 2.46. The number of nitrogens with one attached hydrogen (secondary N) is 2. The smallest absolute Gasteiger partial charge is 0.305 e. The zero-order chi connectivity index (χ0) is 21.4. The zero-order valence-electron chi connectivity index (χ0n) is 17.1. The lowest BCUT2D eigenvalue weighted by Gasteiger charge is -2.21. The third-order valence-corrected chi connectivity index (χ3v) is 5.51. The van der Waals surface area contributed by atoms with Crippen molar-refractivity contribution in [1.29, 1.82) is 0 Å². The Hall–Kier alpha value is -2.13. The third-order valence-electron chi connectivity index (χ3n) is 3.73. The number of ether oxygens (including phenoxy) is 2. The van der Waals surface area contributed by atoms with Crippen LogP contribution in [0.2, 0.25) is 0 Å². The first-order chi connectivity index (χ1) is 13.0. The topological polar surface area (TPSA) is 111 Å². The van der Waals surface area contributed by atoms with Crippen molar-refractivity contribution in [2.75, 3.05) is 20.8 Å². The molecule has 0 aliphatic heterocycles. The van der Waals surface area contributed by atoms with Crippen molar-refractivity contribution in [2.24, 2.45) is 0 Å². The van der Waals surface area contributed by atoms with Gasteiger partial charge in [-0.1, -0.05) is 6.42 Å². The van der Waals surface area contributed by atoms with Gasteiger partial charge in [-0.05, 0) is 51.8 Å². The average molecular weight is 415 g/mol. The summed E-state index contributed by atoms with van der Waals surface area (Å²) in [7, 11) is -1.13. The molecule has 1 rings (SSSR count). The molecule has 0 fully saturated rings. The van der Waals surface area contributed by atoms with E-state index in [0.29, 0.717) is 25.8 Å². The first-order valence-electron chi connectivity index (χ1n) is 9.07. The molecular weight excluding hydrogens is 384 g/mol. The molecular formula is C19H30N2O6S. The van der Waals surface area contributed by atoms with Crippen LogP contribution >= 0.6 is 0 Å². The maximum Gasteiger partial charge on any atom is 0.305 e. The monoisotopic (exact) mass is 414 g/mol. The summed E-state index contributed by atoms with van der Waals surface area (Å²) in [6.45, 7) is 5.61. The Balaban J connectivity index is 2.76. The second-order valence-corrected chi connectivity index (χ2v) is 9.01. The maximum absolute atomic E-state index is 12.7. The van der Waals surface area contributed by atoms with Crippen molar-refractivity contribution in [3.8, 4) is 5.75 Å². The second kappa shape index (κ2) is 10.4. The van der Waals surface area contributed by atoms with Gasteiger partial charge in [0, 0.05) is 24.1 Å². The number of hydrogen-bond acceptors (Lipinski definition) is 6. The normalized spacial score (nSPS) is 11.8. The number of benzene rings is 1. The van der Waals surface area contributed by atoms with Gasteiger partial charge in [-0.15, -0.1) is 0 Å². The molecule has 0 unspecified atom stereocenters. The van der Waals surface area contributed by atoms with Gasteiger partial charge in [-0.2, -0.15) is 0 Å². The van der Waals surface area contributed by atoms with Crippen molar-refractivity contribution >= 4 is 21.9 Å². The number of carbonyl (C=O) groups is 2. The van der Waals surface area contributed by atoms with Crippen molar-refractivity contribution in [3.63, 3.8) is 0 Å². The molecule has 0 aromatic heterocycles. The van der Waals surface area contributed by atoms with Gasteiger partial charge in [0.15, 0.2) is 0 Å². The lowest BCUT2D eigenvalue weighted by atomic mass is 10.1. The Labute approximate surface area is 167 Å². The van der Waals surface area contributed by atoms with E-state index in [1.54, 1.807) is 20.8 Å². The Bertz CT molecular complexity index is 784. The highest BCUT2D eigenvalue weighted by Gasteiger charge is 2.26. The first-order valence-corrected chi connectivity index (χ1v) is 10.6. The molecule has 0 aliphatic rings. The lowest BCUT2D eigenvalue weighted by Crippen LogP contribution is -2.40. The van der Waals surface area contributed by atoms with E-state index in [2.05, 4.69) is 14.8 Å². The van der Waals surface area contributed by atoms with E-state index in [0.717, 1.165) is 6.42 Å². The van der Waals surface area contributed by atoms with Crippen molar-refractivity contribution in [2.45, 2.75) is 56.9 Å². The maximum atomic E-state index is 12.7. The molecule has 0 heterocycles. The van der Waals surface area contributed by atoms with Crippen LogP contribution < -0.4 is 14.8 Å². The van der Waals surface area contributed by atoms with Crippen LogP contribution in [0.15, 0.2) is 23.1 Å². The summed E-state index contributed by atoms with van der Waals surface area (Å²) >= 11 is 0. The minimum Gasteiger partial charge on any atom is -0.495 e. The fraction of sp³-hybridized carbons (Fsp3) is 0.579. The Kier molecular flexibility index (Phi) is 8.90. The lowest BCUT2D eigenvalue weighted by molar-refractivity contribution is -0.140. The molecule has 1 aromatic carbocycles. The van der Waals surface area contributed by atoms with Crippen LogP contribution in [-0.2, 0) is 19.6 Å². The molecule has 0 aliphatic carbocycles. The quantitative estimate of drug-likeness (QED) is 0.449. The summed E-state index contributed by atoms with van der Waals surface area (Å²) in [5.74, 6) is -0.459. The SMILES string of the molecule is COC(=O)CCCCCNC(=O)c1ccc(OC)c(S(=O)(=O)NC(C)(C)C)c1. The molecule has 2 N–H and O–H groups in total. The molecule has 0 radical (unpaired) electrons. The average Bonchev–Trinajstić information content (AvgIpc) is 2.61. The summed E-state index contributed by atoms with van der Waals surface area (Å²) in [6, 6.07) is 4.28. The van der Waals surface area contributed by atoms with E-state index in [9.17, 15) is 18.0 Å². The number of sulfonamides is 1. The highest BCUT2D eigenvalue weighted by molar-refractivity contribution is 7.89. The molecule has 0 bridgehead atoms. The second-order valence-electron chi connectivity index (χ2n) is 7.36. The number of hydrogen-bond donors (Lipinski definition) is 2. The standard InChI is InChI=1S/C19H30N2O6S/c1-19(2,3)21-28(24,25)16-13-14(10-11-15(16)26-4)18(23)20-12-8-6-7-9-17(22)27-5/h10-11,13,21H,6-9,12H2,1-5H3,(H,20,23). The predicted octanol–water partition coefficient (Wildman–Crippen LogP) is 2.24. The number of methoxy groups -OCH3 is 2. The summed E-state index contributed by atoms with van der Waals surface area (Å²) in [4.78, 5) is 23.3. The molecule has 28 heavy (non-hydrogen) atoms. The van der Waals surface area contributed by atoms with Crippen molar-refractivity contribution in [3.05, 3.63) is 23.8 Å². The minimum atomic E-state index is -3.86. The van der Waals surface area contributed by atoms with Crippen molar-refractivity contribution in [1.82, 2.24) is 10.0 Å². The number of carbonyl (C=O) groups excluding carboxylic acids is 2. The van der Waals surface area contributed by atoms with Gasteiger partial charge in [-0.25, -0.2) is 13.1 Å². The van der Waals surface area contributed by atoms with Crippen LogP contribution in [0, 0.1) is 0 Å². The summed E-state index contributed by atoms with van der Waals surface area (Å²) in [6.07, 6.45) is 2.51. The molecule has 8 nitrogen and oxygen atoms in total. The predicted molar refractivity (Wildman–Crippen MR) is 106 cm³/mol.